The molecule has 0 aromatic heterocycles. The number of nitrogens with zero attached hydrogens (tertiary/aromatic N) is 1. The van der Waals surface area contributed by atoms with Crippen LogP contribution in [0.2, 0.25) is 0 Å². The van der Waals surface area contributed by atoms with Gasteiger partial charge in [-0.15, -0.1) is 0 Å². The normalized spacial score (nSPS) is 10.4. The lowest BCUT2D eigenvalue weighted by molar-refractivity contribution is 0.104. The van der Waals surface area contributed by atoms with E-state index in [0.29, 0.717) is 11.5 Å². The Labute approximate surface area is 106 Å². The van der Waals surface area contributed by atoms with Crippen LogP contribution in [0.5, 0.6) is 17.2 Å². The minimum Gasteiger partial charge on any atom is -0.507 e. The maximum atomic E-state index is 11.9. The van der Waals surface area contributed by atoms with E-state index in [2.05, 4.69) is 0 Å². The second-order valence-electron chi connectivity index (χ2n) is 3.87. The van der Waals surface area contributed by atoms with Crippen LogP contribution in [0.1, 0.15) is 10.4 Å². The summed E-state index contributed by atoms with van der Waals surface area (Å²) in [5.41, 5.74) is 0.172. The fourth-order valence-electron chi connectivity index (χ4n) is 1.37. The molecule has 5 nitrogen and oxygen atoms in total. The third-order valence-corrected chi connectivity index (χ3v) is 2.29. The first kappa shape index (κ1) is 13.9. The van der Waals surface area contributed by atoms with Gasteiger partial charge in [0.2, 0.25) is 0 Å². The van der Waals surface area contributed by atoms with Gasteiger partial charge in [0.15, 0.2) is 17.3 Å². The molecule has 0 aliphatic rings. The van der Waals surface area contributed by atoms with Gasteiger partial charge in [-0.3, -0.25) is 4.79 Å². The van der Waals surface area contributed by atoms with E-state index in [-0.39, 0.29) is 17.1 Å². The number of ether oxygens (including phenoxy) is 2. The predicted octanol–water partition coefficient (Wildman–Crippen LogP) is 1.67. The predicted molar refractivity (Wildman–Crippen MR) is 68.4 cm³/mol. The molecule has 0 heterocycles. The molecule has 1 rings (SSSR count). The third-order valence-electron chi connectivity index (χ3n) is 2.29. The molecule has 98 valence electrons. The number of ketones is 1. The number of hydrogen-bond acceptors (Lipinski definition) is 5. The number of hydrogen-bond donors (Lipinski definition) is 1. The summed E-state index contributed by atoms with van der Waals surface area (Å²) < 4.78 is 10.1. The molecular weight excluding hydrogens is 234 g/mol. The first-order valence-electron chi connectivity index (χ1n) is 5.33. The third kappa shape index (κ3) is 3.16. The van der Waals surface area contributed by atoms with E-state index in [1.165, 1.54) is 32.4 Å². The van der Waals surface area contributed by atoms with Gasteiger partial charge < -0.3 is 19.5 Å². The average Bonchev–Trinajstić information content (AvgIpc) is 2.35. The zero-order chi connectivity index (χ0) is 13.7. The highest BCUT2D eigenvalue weighted by Crippen LogP contribution is 2.34. The molecular formula is C13H17NO4. The van der Waals surface area contributed by atoms with Gasteiger partial charge in [0.05, 0.1) is 19.8 Å². The first-order chi connectivity index (χ1) is 8.49. The fourth-order valence-corrected chi connectivity index (χ4v) is 1.37. The molecule has 0 atom stereocenters. The molecule has 0 aliphatic carbocycles. The molecule has 0 aliphatic heterocycles. The molecule has 1 N–H and O–H groups in total. The molecule has 0 saturated carbocycles. The van der Waals surface area contributed by atoms with Crippen LogP contribution >= 0.6 is 0 Å². The molecule has 0 unspecified atom stereocenters. The Morgan fingerprint density at radius 2 is 1.78 bits per heavy atom. The van der Waals surface area contributed by atoms with Gasteiger partial charge >= 0.3 is 0 Å². The van der Waals surface area contributed by atoms with Crippen molar-refractivity contribution in [2.45, 2.75) is 0 Å². The summed E-state index contributed by atoms with van der Waals surface area (Å²) >= 11 is 0. The van der Waals surface area contributed by atoms with E-state index in [1.54, 1.807) is 25.2 Å². The summed E-state index contributed by atoms with van der Waals surface area (Å²) in [5, 5.41) is 9.77. The smallest absolute Gasteiger partial charge is 0.191 e. The molecule has 0 spiro atoms. The van der Waals surface area contributed by atoms with Crippen LogP contribution in [0, 0.1) is 0 Å². The highest BCUT2D eigenvalue weighted by Gasteiger charge is 2.14. The molecule has 0 fully saturated rings. The summed E-state index contributed by atoms with van der Waals surface area (Å²) in [6, 6.07) is 2.81. The maximum Gasteiger partial charge on any atom is 0.191 e. The summed E-state index contributed by atoms with van der Waals surface area (Å²) in [6.45, 7) is 0. The topological polar surface area (TPSA) is 59.0 Å². The largest absolute Gasteiger partial charge is 0.507 e. The Morgan fingerprint density at radius 3 is 2.28 bits per heavy atom. The Kier molecular flexibility index (Phi) is 4.59. The number of carbonyl (C=O) groups is 1. The van der Waals surface area contributed by atoms with Crippen molar-refractivity contribution in [2.75, 3.05) is 28.3 Å². The van der Waals surface area contributed by atoms with Crippen LogP contribution in [0.15, 0.2) is 24.4 Å². The molecule has 1 aromatic carbocycles. The van der Waals surface area contributed by atoms with Crippen LogP contribution in [-0.4, -0.2) is 44.1 Å². The van der Waals surface area contributed by atoms with Crippen LogP contribution < -0.4 is 9.47 Å². The molecule has 5 heteroatoms. The second kappa shape index (κ2) is 5.95. The number of phenols is 1. The monoisotopic (exact) mass is 251 g/mol. The van der Waals surface area contributed by atoms with Crippen LogP contribution in [0.3, 0.4) is 0 Å². The van der Waals surface area contributed by atoms with Crippen molar-refractivity contribution in [3.63, 3.8) is 0 Å². The lowest BCUT2D eigenvalue weighted by Gasteiger charge is -2.10. The molecule has 0 bridgehead atoms. The van der Waals surface area contributed by atoms with Gasteiger partial charge in [0.1, 0.15) is 5.75 Å². The van der Waals surface area contributed by atoms with E-state index in [9.17, 15) is 9.90 Å². The lowest BCUT2D eigenvalue weighted by atomic mass is 10.1. The molecule has 0 radical (unpaired) electrons. The Bertz CT molecular complexity index is 466. The zero-order valence-corrected chi connectivity index (χ0v) is 10.9. The van der Waals surface area contributed by atoms with Gasteiger partial charge in [-0.1, -0.05) is 0 Å². The van der Waals surface area contributed by atoms with Gasteiger partial charge in [0, 0.05) is 32.4 Å². The van der Waals surface area contributed by atoms with Gasteiger partial charge in [0.25, 0.3) is 0 Å². The molecule has 0 amide bonds. The Morgan fingerprint density at radius 1 is 1.22 bits per heavy atom. The number of benzene rings is 1. The molecule has 18 heavy (non-hydrogen) atoms. The second-order valence-corrected chi connectivity index (χ2v) is 3.87. The van der Waals surface area contributed by atoms with Crippen molar-refractivity contribution < 1.29 is 19.4 Å². The first-order valence-corrected chi connectivity index (χ1v) is 5.33. The van der Waals surface area contributed by atoms with Gasteiger partial charge in [-0.2, -0.15) is 0 Å². The SMILES string of the molecule is COc1cc(O)c(C(=O)C=CN(C)C)cc1OC. The van der Waals surface area contributed by atoms with E-state index < -0.39 is 0 Å². The highest BCUT2D eigenvalue weighted by atomic mass is 16.5. The van der Waals surface area contributed by atoms with Crippen molar-refractivity contribution in [1.82, 2.24) is 4.90 Å². The summed E-state index contributed by atoms with van der Waals surface area (Å²) in [4.78, 5) is 13.6. The van der Waals surface area contributed by atoms with Gasteiger partial charge in [-0.05, 0) is 6.07 Å². The van der Waals surface area contributed by atoms with Crippen LogP contribution in [-0.2, 0) is 0 Å². The Hall–Kier alpha value is -2.17. The van der Waals surface area contributed by atoms with E-state index >= 15 is 0 Å². The summed E-state index contributed by atoms with van der Waals surface area (Å²) in [6.07, 6.45) is 2.99. The quantitative estimate of drug-likeness (QED) is 0.637. The minimum absolute atomic E-state index is 0.138. The van der Waals surface area contributed by atoms with Crippen LogP contribution in [0.4, 0.5) is 0 Å². The van der Waals surface area contributed by atoms with Crippen molar-refractivity contribution in [3.8, 4) is 17.2 Å². The van der Waals surface area contributed by atoms with E-state index in [0.717, 1.165) is 0 Å². The number of allylic oxidation sites excluding steroid dienone is 1. The summed E-state index contributed by atoms with van der Waals surface area (Å²) in [7, 11) is 6.54. The number of carbonyl (C=O) groups excluding carboxylic acids is 1. The van der Waals surface area contributed by atoms with E-state index in [1.807, 2.05) is 0 Å². The number of phenolic OH excluding ortho intramolecular Hbond substituents is 1. The lowest BCUT2D eigenvalue weighted by Crippen LogP contribution is -2.04. The van der Waals surface area contributed by atoms with E-state index in [4.69, 9.17) is 9.47 Å². The van der Waals surface area contributed by atoms with Crippen molar-refractivity contribution in [3.05, 3.63) is 30.0 Å². The average molecular weight is 251 g/mol. The molecule has 1 aromatic rings. The van der Waals surface area contributed by atoms with Crippen molar-refractivity contribution in [1.29, 1.82) is 0 Å². The Balaban J connectivity index is 3.13. The standard InChI is InChI=1S/C13H17NO4/c1-14(2)6-5-10(15)9-7-12(17-3)13(18-4)8-11(9)16/h5-8,16H,1-4H3. The number of methoxy groups -OCH3 is 2. The maximum absolute atomic E-state index is 11.9. The summed E-state index contributed by atoms with van der Waals surface area (Å²) in [5.74, 6) is 0.336. The minimum atomic E-state index is -0.304. The van der Waals surface area contributed by atoms with Crippen LogP contribution in [0.25, 0.3) is 0 Å². The van der Waals surface area contributed by atoms with Gasteiger partial charge in [-0.25, -0.2) is 0 Å². The molecule has 0 saturated heterocycles. The van der Waals surface area contributed by atoms with Crippen molar-refractivity contribution >= 4 is 5.78 Å². The number of aromatic hydroxyl groups is 1. The van der Waals surface area contributed by atoms with Crippen molar-refractivity contribution in [2.24, 2.45) is 0 Å². The number of rotatable bonds is 5. The highest BCUT2D eigenvalue weighted by molar-refractivity contribution is 6.06. The zero-order valence-electron chi connectivity index (χ0n) is 10.9. The fraction of sp³-hybridized carbons (Fsp3) is 0.308.